The van der Waals surface area contributed by atoms with Gasteiger partial charge in [-0.15, -0.1) is 0 Å². The lowest BCUT2D eigenvalue weighted by atomic mass is 9.31. The average molecular weight is 492 g/mol. The van der Waals surface area contributed by atoms with Gasteiger partial charge in [0.15, 0.2) is 5.78 Å². The van der Waals surface area contributed by atoms with Gasteiger partial charge in [-0.2, -0.15) is 0 Å². The minimum Gasteiger partial charge on any atom is -0.396 e. The number of ketones is 2. The number of allylic oxidation sites excluding steroid dienone is 2. The van der Waals surface area contributed by atoms with Gasteiger partial charge in [0.2, 0.25) is 5.70 Å². The molecule has 0 spiro atoms. The van der Waals surface area contributed by atoms with Crippen LogP contribution >= 0.6 is 0 Å². The third-order valence-electron chi connectivity index (χ3n) is 12.5. The van der Waals surface area contributed by atoms with E-state index in [1.54, 1.807) is 0 Å². The molecule has 4 fully saturated rings. The van der Waals surface area contributed by atoms with Crippen LogP contribution in [0.3, 0.4) is 0 Å². The lowest BCUT2D eigenvalue weighted by Crippen LogP contribution is -2.67. The number of carbonyl (C=O) groups is 2. The fourth-order valence-corrected chi connectivity index (χ4v) is 10.2. The Labute approximate surface area is 218 Å². The van der Waals surface area contributed by atoms with Crippen LogP contribution in [0.1, 0.15) is 106 Å². The molecule has 0 saturated heterocycles. The SMILES string of the molecule is [C-]#[N+]C1=C[C@]2(C)[C@H]3CC(=O)[C]4[C]5CC(C)(C)CC[C@]5(CCO)CC[C@@]4(C)[C@]3(C)CC[C@H]2C(C)(C)C1=O. The fraction of sp³-hybridized carbons (Fsp3) is 0.781. The smallest absolute Gasteiger partial charge is 0.226 e. The molecule has 0 aromatic carbocycles. The Morgan fingerprint density at radius 2 is 1.64 bits per heavy atom. The van der Waals surface area contributed by atoms with Crippen LogP contribution in [-0.2, 0) is 9.59 Å². The van der Waals surface area contributed by atoms with Crippen LogP contribution in [0.4, 0.5) is 0 Å². The fourth-order valence-electron chi connectivity index (χ4n) is 10.2. The number of carbonyl (C=O) groups excluding carboxylic acids is 2. The second kappa shape index (κ2) is 7.78. The number of hydrogen-bond acceptors (Lipinski definition) is 3. The molecule has 5 aliphatic carbocycles. The maximum Gasteiger partial charge on any atom is 0.226 e. The van der Waals surface area contributed by atoms with E-state index >= 15 is 0 Å². The van der Waals surface area contributed by atoms with Crippen molar-refractivity contribution in [3.63, 3.8) is 0 Å². The highest BCUT2D eigenvalue weighted by Crippen LogP contribution is 2.77. The van der Waals surface area contributed by atoms with Gasteiger partial charge in [-0.3, -0.25) is 4.79 Å². The summed E-state index contributed by atoms with van der Waals surface area (Å²) in [7, 11) is 0. The lowest BCUT2D eigenvalue weighted by molar-refractivity contribution is -0.175. The van der Waals surface area contributed by atoms with Crippen LogP contribution in [0, 0.1) is 62.7 Å². The molecular formula is C32H45NO3. The molecule has 0 bridgehead atoms. The quantitative estimate of drug-likeness (QED) is 0.426. The van der Waals surface area contributed by atoms with Gasteiger partial charge in [-0.1, -0.05) is 54.5 Å². The van der Waals surface area contributed by atoms with Gasteiger partial charge < -0.3 is 9.90 Å². The zero-order valence-corrected chi connectivity index (χ0v) is 23.5. The summed E-state index contributed by atoms with van der Waals surface area (Å²) in [4.78, 5) is 31.3. The zero-order valence-electron chi connectivity index (χ0n) is 23.5. The van der Waals surface area contributed by atoms with Crippen LogP contribution in [-0.4, -0.2) is 23.3 Å². The van der Waals surface area contributed by atoms with Gasteiger partial charge in [-0.25, -0.2) is 4.85 Å². The first kappa shape index (κ1) is 26.1. The number of aliphatic hydroxyl groups is 1. The minimum absolute atomic E-state index is 0.0318. The standard InChI is InChI=1S/C32H45NO3/c1-27(2)11-13-32(15-16-34)14-12-31(7)25(20(32)18-27)22(35)17-24-29(5)19-21(33-8)26(36)28(3,4)23(29)9-10-30(24,31)6/h19,23-24,34H,9-18H2,1-7H3/t23-,24+,29-,30+,31+,32+/m0/s1. The van der Waals surface area contributed by atoms with Crippen molar-refractivity contribution in [2.45, 2.75) is 106 Å². The molecule has 4 saturated carbocycles. The minimum atomic E-state index is -0.594. The topological polar surface area (TPSA) is 58.7 Å². The highest BCUT2D eigenvalue weighted by atomic mass is 16.3. The van der Waals surface area contributed by atoms with Crippen LogP contribution in [0.25, 0.3) is 4.85 Å². The van der Waals surface area contributed by atoms with Gasteiger partial charge in [0, 0.05) is 18.4 Å². The maximum atomic E-state index is 14.4. The van der Waals surface area contributed by atoms with Crippen LogP contribution < -0.4 is 0 Å². The van der Waals surface area contributed by atoms with E-state index in [0.29, 0.717) is 12.2 Å². The van der Waals surface area contributed by atoms with Crippen molar-refractivity contribution < 1.29 is 14.7 Å². The van der Waals surface area contributed by atoms with Gasteiger partial charge in [-0.05, 0) is 96.2 Å². The van der Waals surface area contributed by atoms with Gasteiger partial charge in [0.25, 0.3) is 0 Å². The first-order valence-corrected chi connectivity index (χ1v) is 14.2. The summed E-state index contributed by atoms with van der Waals surface area (Å²) >= 11 is 0. The Morgan fingerprint density at radius 3 is 2.28 bits per heavy atom. The summed E-state index contributed by atoms with van der Waals surface area (Å²) in [5.74, 6) is 2.99. The van der Waals surface area contributed by atoms with E-state index in [2.05, 4.69) is 39.5 Å². The van der Waals surface area contributed by atoms with Crippen molar-refractivity contribution in [3.8, 4) is 0 Å². The molecule has 6 atom stereocenters. The van der Waals surface area contributed by atoms with E-state index in [1.807, 2.05) is 19.9 Å². The molecular weight excluding hydrogens is 446 g/mol. The van der Waals surface area contributed by atoms with Crippen molar-refractivity contribution in [2.75, 3.05) is 6.61 Å². The number of hydrogen-bond donors (Lipinski definition) is 1. The summed E-state index contributed by atoms with van der Waals surface area (Å²) < 4.78 is 0. The van der Waals surface area contributed by atoms with E-state index in [-0.39, 0.29) is 57.0 Å². The normalized spacial score (nSPS) is 46.0. The molecule has 1 N–H and O–H groups in total. The molecule has 0 aromatic heterocycles. The summed E-state index contributed by atoms with van der Waals surface area (Å²) in [5.41, 5.74) is -0.849. The Morgan fingerprint density at radius 1 is 0.972 bits per heavy atom. The van der Waals surface area contributed by atoms with Crippen molar-refractivity contribution in [1.82, 2.24) is 0 Å². The summed E-state index contributed by atoms with van der Waals surface area (Å²) in [6.45, 7) is 23.7. The predicted octanol–water partition coefficient (Wildman–Crippen LogP) is 6.94. The predicted molar refractivity (Wildman–Crippen MR) is 141 cm³/mol. The van der Waals surface area contributed by atoms with Crippen molar-refractivity contribution in [1.29, 1.82) is 0 Å². The summed E-state index contributed by atoms with van der Waals surface area (Å²) in [5, 5.41) is 10.1. The first-order chi connectivity index (χ1) is 16.6. The molecule has 4 heteroatoms. The largest absolute Gasteiger partial charge is 0.396 e. The maximum absolute atomic E-state index is 14.4. The number of Topliss-reactive ketones (excluding diaryl/α,β-unsaturated/α-hetero) is 2. The van der Waals surface area contributed by atoms with Crippen molar-refractivity contribution in [2.24, 2.45) is 44.3 Å². The van der Waals surface area contributed by atoms with Gasteiger partial charge in [0.05, 0.1) is 12.5 Å². The van der Waals surface area contributed by atoms with Crippen LogP contribution in [0.5, 0.6) is 0 Å². The molecule has 5 aliphatic rings. The molecule has 4 nitrogen and oxygen atoms in total. The average Bonchev–Trinajstić information content (AvgIpc) is 2.79. The second-order valence-corrected chi connectivity index (χ2v) is 15.0. The lowest BCUT2D eigenvalue weighted by Gasteiger charge is -2.71. The second-order valence-electron chi connectivity index (χ2n) is 15.0. The van der Waals surface area contributed by atoms with Crippen molar-refractivity contribution in [3.05, 3.63) is 35.0 Å². The number of nitrogens with zero attached hydrogens (tertiary/aromatic N) is 1. The van der Waals surface area contributed by atoms with E-state index in [9.17, 15) is 14.7 Å². The molecule has 0 unspecified atom stereocenters. The Bertz CT molecular complexity index is 1060. The zero-order chi connectivity index (χ0) is 26.5. The third-order valence-corrected chi connectivity index (χ3v) is 12.5. The Kier molecular flexibility index (Phi) is 5.65. The molecule has 0 heterocycles. The monoisotopic (exact) mass is 491 g/mol. The highest BCUT2D eigenvalue weighted by molar-refractivity contribution is 6.03. The van der Waals surface area contributed by atoms with E-state index in [1.165, 1.54) is 5.92 Å². The molecule has 196 valence electrons. The van der Waals surface area contributed by atoms with Gasteiger partial charge >= 0.3 is 0 Å². The highest BCUT2D eigenvalue weighted by Gasteiger charge is 2.72. The Hall–Kier alpha value is -1.47. The van der Waals surface area contributed by atoms with Crippen LogP contribution in [0.2, 0.25) is 0 Å². The first-order valence-electron chi connectivity index (χ1n) is 14.2. The van der Waals surface area contributed by atoms with E-state index < -0.39 is 5.41 Å². The molecule has 0 aromatic rings. The molecule has 0 amide bonds. The van der Waals surface area contributed by atoms with E-state index in [0.717, 1.165) is 57.3 Å². The number of fused-ring (bicyclic) bond motifs is 7. The molecule has 0 aliphatic heterocycles. The third kappa shape index (κ3) is 3.14. The number of aliphatic hydroxyl groups excluding tert-OH is 1. The molecule has 5 rings (SSSR count). The molecule has 2 radical (unpaired) electrons. The molecule has 36 heavy (non-hydrogen) atoms. The van der Waals surface area contributed by atoms with Crippen molar-refractivity contribution >= 4 is 11.6 Å². The summed E-state index contributed by atoms with van der Waals surface area (Å²) in [6.07, 6.45) is 10.4. The summed E-state index contributed by atoms with van der Waals surface area (Å²) in [6, 6.07) is 0. The van der Waals surface area contributed by atoms with Gasteiger partial charge in [0.1, 0.15) is 5.78 Å². The van der Waals surface area contributed by atoms with Crippen LogP contribution in [0.15, 0.2) is 11.8 Å². The van der Waals surface area contributed by atoms with E-state index in [4.69, 9.17) is 6.57 Å². The number of rotatable bonds is 2. The Balaban J connectivity index is 1.63.